The van der Waals surface area contributed by atoms with Crippen LogP contribution in [0.1, 0.15) is 36.1 Å². The smallest absolute Gasteiger partial charge is 0.307 e. The zero-order valence-corrected chi connectivity index (χ0v) is 18.4. The summed E-state index contributed by atoms with van der Waals surface area (Å²) in [6.07, 6.45) is 0.315. The highest BCUT2D eigenvalue weighted by atomic mass is 127. The number of benzene rings is 1. The fourth-order valence-corrected chi connectivity index (χ4v) is 3.00. The Morgan fingerprint density at radius 1 is 1.42 bits per heavy atom. The first-order valence-corrected chi connectivity index (χ1v) is 8.84. The summed E-state index contributed by atoms with van der Waals surface area (Å²) in [4.78, 5) is 18.1. The van der Waals surface area contributed by atoms with E-state index in [0.29, 0.717) is 13.2 Å². The molecule has 7 heteroatoms. The average molecular weight is 475 g/mol. The molecule has 1 aromatic rings. The van der Waals surface area contributed by atoms with Crippen molar-refractivity contribution in [3.05, 3.63) is 34.9 Å². The Hall–Kier alpha value is -1.35. The third-order valence-corrected chi connectivity index (χ3v) is 4.28. The number of nitrogens with one attached hydrogen (secondary N) is 1. The van der Waals surface area contributed by atoms with Gasteiger partial charge in [0, 0.05) is 13.1 Å². The number of rotatable bonds is 5. The second-order valence-corrected chi connectivity index (χ2v) is 6.23. The van der Waals surface area contributed by atoms with E-state index in [1.54, 1.807) is 0 Å². The van der Waals surface area contributed by atoms with Crippen LogP contribution in [0.5, 0.6) is 0 Å². The van der Waals surface area contributed by atoms with Crippen molar-refractivity contribution in [1.29, 1.82) is 0 Å². The molecule has 26 heavy (non-hydrogen) atoms. The number of morpholine rings is 1. The zero-order chi connectivity index (χ0) is 18.2. The van der Waals surface area contributed by atoms with Gasteiger partial charge < -0.3 is 19.7 Å². The van der Waals surface area contributed by atoms with E-state index in [4.69, 9.17) is 4.74 Å². The van der Waals surface area contributed by atoms with E-state index >= 15 is 0 Å². The minimum Gasteiger partial charge on any atom is -0.469 e. The van der Waals surface area contributed by atoms with Crippen molar-refractivity contribution < 1.29 is 14.3 Å². The number of guanidine groups is 1. The summed E-state index contributed by atoms with van der Waals surface area (Å²) in [5, 5.41) is 3.31. The first-order chi connectivity index (χ1) is 12.0. The van der Waals surface area contributed by atoms with Gasteiger partial charge in [-0.05, 0) is 31.9 Å². The van der Waals surface area contributed by atoms with E-state index in [2.05, 4.69) is 52.0 Å². The maximum atomic E-state index is 11.3. The van der Waals surface area contributed by atoms with Crippen LogP contribution in [0.15, 0.2) is 23.2 Å². The maximum Gasteiger partial charge on any atom is 0.307 e. The summed E-state index contributed by atoms with van der Waals surface area (Å²) in [5.41, 5.74) is 3.73. The predicted octanol–water partition coefficient (Wildman–Crippen LogP) is 2.82. The number of aliphatic imine (C=N–C) groups is 1. The Morgan fingerprint density at radius 2 is 2.19 bits per heavy atom. The van der Waals surface area contributed by atoms with Crippen LogP contribution in [0.4, 0.5) is 0 Å². The number of methoxy groups -OCH3 is 1. The number of carbonyl (C=O) groups is 1. The second-order valence-electron chi connectivity index (χ2n) is 6.23. The molecule has 1 fully saturated rings. The highest BCUT2D eigenvalue weighted by Gasteiger charge is 2.25. The van der Waals surface area contributed by atoms with Crippen LogP contribution in [0, 0.1) is 13.8 Å². The standard InChI is InChI=1S/C19H29N3O3.HI/c1-5-20-19(21-9-8-18(23)24-4)22-10-11-25-17(13-22)16-7-6-14(2)12-15(16)3;/h6-7,12,17H,5,8-11,13H2,1-4H3,(H,20,21);1H. The number of carbonyl (C=O) groups excluding carboxylic acids is 1. The van der Waals surface area contributed by atoms with Gasteiger partial charge in [-0.1, -0.05) is 23.8 Å². The number of halogens is 1. The Kier molecular flexibility index (Phi) is 9.93. The van der Waals surface area contributed by atoms with Gasteiger partial charge in [0.1, 0.15) is 6.10 Å². The zero-order valence-electron chi connectivity index (χ0n) is 16.1. The molecule has 1 aliphatic heterocycles. The lowest BCUT2D eigenvalue weighted by atomic mass is 10.00. The molecule has 146 valence electrons. The van der Waals surface area contributed by atoms with Crippen molar-refractivity contribution in [2.75, 3.05) is 39.9 Å². The van der Waals surface area contributed by atoms with Crippen molar-refractivity contribution in [1.82, 2.24) is 10.2 Å². The molecule has 1 aromatic carbocycles. The van der Waals surface area contributed by atoms with Gasteiger partial charge in [0.05, 0.1) is 33.2 Å². The van der Waals surface area contributed by atoms with Crippen LogP contribution < -0.4 is 5.32 Å². The Balaban J connectivity index is 0.00000338. The lowest BCUT2D eigenvalue weighted by Crippen LogP contribution is -2.48. The molecule has 1 unspecified atom stereocenters. The lowest BCUT2D eigenvalue weighted by molar-refractivity contribution is -0.140. The molecule has 1 aliphatic rings. The number of aryl methyl sites for hydroxylation is 2. The van der Waals surface area contributed by atoms with Gasteiger partial charge >= 0.3 is 5.97 Å². The summed E-state index contributed by atoms with van der Waals surface area (Å²) in [6, 6.07) is 6.47. The van der Waals surface area contributed by atoms with Crippen LogP contribution in [0.3, 0.4) is 0 Å². The van der Waals surface area contributed by atoms with Crippen LogP contribution in [-0.4, -0.2) is 56.7 Å². The second kappa shape index (κ2) is 11.4. The molecule has 0 spiro atoms. The summed E-state index contributed by atoms with van der Waals surface area (Å²) >= 11 is 0. The molecule has 0 bridgehead atoms. The third-order valence-electron chi connectivity index (χ3n) is 4.28. The van der Waals surface area contributed by atoms with E-state index in [1.165, 1.54) is 23.8 Å². The average Bonchev–Trinajstić information content (AvgIpc) is 2.61. The van der Waals surface area contributed by atoms with Crippen molar-refractivity contribution in [2.24, 2.45) is 4.99 Å². The fraction of sp³-hybridized carbons (Fsp3) is 0.579. The molecule has 0 radical (unpaired) electrons. The van der Waals surface area contributed by atoms with Crippen molar-refractivity contribution >= 4 is 35.9 Å². The number of hydrogen-bond donors (Lipinski definition) is 1. The van der Waals surface area contributed by atoms with Crippen LogP contribution in [0.2, 0.25) is 0 Å². The minimum atomic E-state index is -0.241. The molecular formula is C19H30IN3O3. The van der Waals surface area contributed by atoms with Crippen LogP contribution in [0.25, 0.3) is 0 Å². The van der Waals surface area contributed by atoms with Gasteiger partial charge in [-0.2, -0.15) is 0 Å². The Labute approximate surface area is 173 Å². The molecule has 1 heterocycles. The van der Waals surface area contributed by atoms with E-state index in [9.17, 15) is 4.79 Å². The molecule has 1 atom stereocenters. The largest absolute Gasteiger partial charge is 0.469 e. The molecule has 1 N–H and O–H groups in total. The Morgan fingerprint density at radius 3 is 2.85 bits per heavy atom. The van der Waals surface area contributed by atoms with Gasteiger partial charge in [0.2, 0.25) is 0 Å². The van der Waals surface area contributed by atoms with Gasteiger partial charge in [0.15, 0.2) is 5.96 Å². The van der Waals surface area contributed by atoms with Crippen LogP contribution in [-0.2, 0) is 14.3 Å². The summed E-state index contributed by atoms with van der Waals surface area (Å²) in [7, 11) is 1.40. The molecular weight excluding hydrogens is 445 g/mol. The molecule has 6 nitrogen and oxygen atoms in total. The first kappa shape index (κ1) is 22.7. The molecule has 0 aromatic heterocycles. The SMILES string of the molecule is CCNC(=NCCC(=O)OC)N1CCOC(c2ccc(C)cc2C)C1.I. The van der Waals surface area contributed by atoms with Gasteiger partial charge in [-0.3, -0.25) is 9.79 Å². The molecule has 0 saturated carbocycles. The minimum absolute atomic E-state index is 0. The molecule has 1 saturated heterocycles. The fourth-order valence-electron chi connectivity index (χ4n) is 3.00. The first-order valence-electron chi connectivity index (χ1n) is 8.84. The van der Waals surface area contributed by atoms with Gasteiger partial charge in [-0.25, -0.2) is 0 Å². The van der Waals surface area contributed by atoms with Crippen molar-refractivity contribution in [3.63, 3.8) is 0 Å². The van der Waals surface area contributed by atoms with E-state index in [0.717, 1.165) is 25.6 Å². The molecule has 2 rings (SSSR count). The lowest BCUT2D eigenvalue weighted by Gasteiger charge is -2.36. The highest BCUT2D eigenvalue weighted by molar-refractivity contribution is 14.0. The van der Waals surface area contributed by atoms with Gasteiger partial charge in [0.25, 0.3) is 0 Å². The normalized spacial score (nSPS) is 17.5. The Bertz CT molecular complexity index is 622. The number of esters is 1. The van der Waals surface area contributed by atoms with E-state index in [-0.39, 0.29) is 42.5 Å². The van der Waals surface area contributed by atoms with Crippen LogP contribution >= 0.6 is 24.0 Å². The summed E-state index contributed by atoms with van der Waals surface area (Å²) in [5.74, 6) is 0.583. The quantitative estimate of drug-likeness (QED) is 0.307. The van der Waals surface area contributed by atoms with E-state index in [1.807, 2.05) is 6.92 Å². The molecule has 0 amide bonds. The predicted molar refractivity (Wildman–Crippen MR) is 114 cm³/mol. The number of nitrogens with zero attached hydrogens (tertiary/aromatic N) is 2. The maximum absolute atomic E-state index is 11.3. The van der Waals surface area contributed by atoms with Crippen molar-refractivity contribution in [2.45, 2.75) is 33.3 Å². The monoisotopic (exact) mass is 475 g/mol. The summed E-state index contributed by atoms with van der Waals surface area (Å²) in [6.45, 7) is 9.64. The topological polar surface area (TPSA) is 63.2 Å². The third kappa shape index (κ3) is 6.42. The molecule has 0 aliphatic carbocycles. The van der Waals surface area contributed by atoms with Gasteiger partial charge in [-0.15, -0.1) is 24.0 Å². The summed E-state index contributed by atoms with van der Waals surface area (Å²) < 4.78 is 10.7. The highest BCUT2D eigenvalue weighted by Crippen LogP contribution is 2.25. The van der Waals surface area contributed by atoms with Crippen molar-refractivity contribution in [3.8, 4) is 0 Å². The van der Waals surface area contributed by atoms with E-state index < -0.39 is 0 Å². The number of ether oxygens (including phenoxy) is 2. The number of hydrogen-bond acceptors (Lipinski definition) is 4.